The molecule has 3 N–H and O–H groups in total. The molecule has 0 bridgehead atoms. The predicted octanol–water partition coefficient (Wildman–Crippen LogP) is 4.13. The van der Waals surface area contributed by atoms with E-state index in [1.165, 1.54) is 18.2 Å². The van der Waals surface area contributed by atoms with Crippen molar-refractivity contribution < 1.29 is 8.78 Å². The first-order chi connectivity index (χ1) is 9.45. The van der Waals surface area contributed by atoms with Crippen molar-refractivity contribution in [2.45, 2.75) is 13.0 Å². The smallest absolute Gasteiger partial charge is 0.134 e. The molecule has 1 unspecified atom stereocenters. The summed E-state index contributed by atoms with van der Waals surface area (Å²) < 4.78 is 28.2. The lowest BCUT2D eigenvalue weighted by atomic mass is 9.96. The fourth-order valence-electron chi connectivity index (χ4n) is 2.01. The minimum atomic E-state index is -0.930. The summed E-state index contributed by atoms with van der Waals surface area (Å²) in [6, 6.07) is 6.29. The molecule has 0 aliphatic rings. The van der Waals surface area contributed by atoms with Gasteiger partial charge in [0.1, 0.15) is 11.6 Å². The molecule has 2 nitrogen and oxygen atoms in total. The summed E-state index contributed by atoms with van der Waals surface area (Å²) in [4.78, 5) is 0. The van der Waals surface area contributed by atoms with Crippen LogP contribution in [0.3, 0.4) is 0 Å². The molecule has 2 aromatic rings. The van der Waals surface area contributed by atoms with Crippen LogP contribution in [0, 0.1) is 18.6 Å². The van der Waals surface area contributed by atoms with Gasteiger partial charge in [-0.3, -0.25) is 5.84 Å². The zero-order valence-electron chi connectivity index (χ0n) is 10.6. The van der Waals surface area contributed by atoms with E-state index < -0.39 is 17.7 Å². The van der Waals surface area contributed by atoms with Crippen LogP contribution in [-0.4, -0.2) is 0 Å². The van der Waals surface area contributed by atoms with Crippen LogP contribution in [0.4, 0.5) is 8.78 Å². The summed E-state index contributed by atoms with van der Waals surface area (Å²) in [7, 11) is 0. The Morgan fingerprint density at radius 2 is 1.85 bits per heavy atom. The maximum absolute atomic E-state index is 14.2. The average molecular weight is 317 g/mol. The van der Waals surface area contributed by atoms with Crippen LogP contribution < -0.4 is 11.3 Å². The van der Waals surface area contributed by atoms with Crippen molar-refractivity contribution in [2.24, 2.45) is 5.84 Å². The van der Waals surface area contributed by atoms with Crippen molar-refractivity contribution >= 4 is 23.2 Å². The normalized spacial score (nSPS) is 12.5. The quantitative estimate of drug-likeness (QED) is 0.660. The van der Waals surface area contributed by atoms with Crippen LogP contribution in [0.1, 0.15) is 22.7 Å². The Labute approximate surface area is 125 Å². The van der Waals surface area contributed by atoms with E-state index in [-0.39, 0.29) is 5.56 Å². The molecule has 0 radical (unpaired) electrons. The first-order valence-corrected chi connectivity index (χ1v) is 6.57. The van der Waals surface area contributed by atoms with Crippen LogP contribution in [0.2, 0.25) is 10.0 Å². The number of benzene rings is 2. The van der Waals surface area contributed by atoms with E-state index in [0.29, 0.717) is 21.2 Å². The zero-order chi connectivity index (χ0) is 14.9. The third-order valence-corrected chi connectivity index (χ3v) is 3.62. The molecule has 6 heteroatoms. The third kappa shape index (κ3) is 2.79. The number of hydrogen-bond donors (Lipinski definition) is 2. The average Bonchev–Trinajstić information content (AvgIpc) is 2.42. The van der Waals surface area contributed by atoms with E-state index >= 15 is 0 Å². The van der Waals surface area contributed by atoms with Gasteiger partial charge in [0.2, 0.25) is 0 Å². The maximum Gasteiger partial charge on any atom is 0.134 e. The summed E-state index contributed by atoms with van der Waals surface area (Å²) >= 11 is 12.0. The molecule has 0 aromatic heterocycles. The number of hydrogen-bond acceptors (Lipinski definition) is 2. The molecular weight excluding hydrogens is 305 g/mol. The minimum absolute atomic E-state index is 0.184. The summed E-state index contributed by atoms with van der Waals surface area (Å²) in [5, 5.41) is 0.718. The fraction of sp³-hybridized carbons (Fsp3) is 0.143. The molecule has 0 aliphatic heterocycles. The van der Waals surface area contributed by atoms with Crippen LogP contribution >= 0.6 is 23.2 Å². The lowest BCUT2D eigenvalue weighted by molar-refractivity contribution is 0.506. The second kappa shape index (κ2) is 6.06. The van der Waals surface area contributed by atoms with Crippen molar-refractivity contribution in [3.8, 4) is 0 Å². The highest BCUT2D eigenvalue weighted by molar-refractivity contribution is 6.33. The first-order valence-electron chi connectivity index (χ1n) is 5.81. The molecule has 0 spiro atoms. The fourth-order valence-corrected chi connectivity index (χ4v) is 2.41. The van der Waals surface area contributed by atoms with E-state index in [0.717, 1.165) is 0 Å². The van der Waals surface area contributed by atoms with E-state index in [2.05, 4.69) is 5.43 Å². The SMILES string of the molecule is Cc1ccc(F)c(C(NN)c2cc(Cl)ccc2Cl)c1F. The standard InChI is InChI=1S/C14H12Cl2F2N2/c1-7-2-5-11(17)12(13(7)18)14(20-19)9-6-8(15)3-4-10(9)16/h2-6,14,20H,19H2,1H3. The Morgan fingerprint density at radius 1 is 1.15 bits per heavy atom. The molecule has 20 heavy (non-hydrogen) atoms. The monoisotopic (exact) mass is 316 g/mol. The number of rotatable bonds is 3. The maximum atomic E-state index is 14.2. The number of aryl methyl sites for hydroxylation is 1. The van der Waals surface area contributed by atoms with Gasteiger partial charge in [0.15, 0.2) is 0 Å². The number of nitrogens with two attached hydrogens (primary N) is 1. The van der Waals surface area contributed by atoms with Gasteiger partial charge in [0, 0.05) is 15.6 Å². The van der Waals surface area contributed by atoms with Gasteiger partial charge in [0.05, 0.1) is 6.04 Å². The summed E-state index contributed by atoms with van der Waals surface area (Å²) in [5.41, 5.74) is 2.93. The summed E-state index contributed by atoms with van der Waals surface area (Å²) in [6.07, 6.45) is 0. The minimum Gasteiger partial charge on any atom is -0.271 e. The van der Waals surface area contributed by atoms with Gasteiger partial charge in [-0.2, -0.15) is 0 Å². The molecule has 2 rings (SSSR count). The highest BCUT2D eigenvalue weighted by atomic mass is 35.5. The largest absolute Gasteiger partial charge is 0.271 e. The van der Waals surface area contributed by atoms with Gasteiger partial charge >= 0.3 is 0 Å². The molecule has 0 saturated heterocycles. The van der Waals surface area contributed by atoms with Crippen LogP contribution in [0.15, 0.2) is 30.3 Å². The third-order valence-electron chi connectivity index (χ3n) is 3.04. The number of hydrazine groups is 1. The topological polar surface area (TPSA) is 38.0 Å². The molecule has 1 atom stereocenters. The molecular formula is C14H12Cl2F2N2. The molecule has 106 valence electrons. The Hall–Kier alpha value is -1.20. The van der Waals surface area contributed by atoms with Gasteiger partial charge in [-0.05, 0) is 42.3 Å². The Balaban J connectivity index is 2.64. The number of nitrogens with one attached hydrogen (secondary N) is 1. The summed E-state index contributed by atoms with van der Waals surface area (Å²) in [5.74, 6) is 4.09. The Morgan fingerprint density at radius 3 is 2.50 bits per heavy atom. The molecule has 0 aliphatic carbocycles. The van der Waals surface area contributed by atoms with Gasteiger partial charge in [-0.15, -0.1) is 0 Å². The van der Waals surface area contributed by atoms with E-state index in [1.807, 2.05) is 0 Å². The van der Waals surface area contributed by atoms with Gasteiger partial charge < -0.3 is 0 Å². The first kappa shape index (κ1) is 15.2. The molecule has 0 fully saturated rings. The summed E-state index contributed by atoms with van der Waals surface area (Å²) in [6.45, 7) is 1.55. The lowest BCUT2D eigenvalue weighted by Crippen LogP contribution is -2.30. The predicted molar refractivity (Wildman–Crippen MR) is 76.7 cm³/mol. The second-order valence-electron chi connectivity index (χ2n) is 4.36. The molecule has 0 saturated carbocycles. The second-order valence-corrected chi connectivity index (χ2v) is 5.20. The Kier molecular flexibility index (Phi) is 4.60. The lowest BCUT2D eigenvalue weighted by Gasteiger charge is -2.20. The highest BCUT2D eigenvalue weighted by Crippen LogP contribution is 2.33. The van der Waals surface area contributed by atoms with Gasteiger partial charge in [0.25, 0.3) is 0 Å². The van der Waals surface area contributed by atoms with Crippen LogP contribution in [0.25, 0.3) is 0 Å². The van der Waals surface area contributed by atoms with Crippen molar-refractivity contribution in [1.29, 1.82) is 0 Å². The Bertz CT molecular complexity index is 647. The van der Waals surface area contributed by atoms with E-state index in [4.69, 9.17) is 29.0 Å². The van der Waals surface area contributed by atoms with Crippen molar-refractivity contribution in [2.75, 3.05) is 0 Å². The van der Waals surface area contributed by atoms with Crippen molar-refractivity contribution in [3.05, 3.63) is 68.7 Å². The van der Waals surface area contributed by atoms with Gasteiger partial charge in [-0.25, -0.2) is 14.2 Å². The molecule has 0 amide bonds. The van der Waals surface area contributed by atoms with Crippen molar-refractivity contribution in [1.82, 2.24) is 5.43 Å². The van der Waals surface area contributed by atoms with Crippen LogP contribution in [-0.2, 0) is 0 Å². The zero-order valence-corrected chi connectivity index (χ0v) is 12.1. The highest BCUT2D eigenvalue weighted by Gasteiger charge is 2.24. The van der Waals surface area contributed by atoms with E-state index in [9.17, 15) is 8.78 Å². The van der Waals surface area contributed by atoms with Crippen LogP contribution in [0.5, 0.6) is 0 Å². The number of halogens is 4. The van der Waals surface area contributed by atoms with Crippen molar-refractivity contribution in [3.63, 3.8) is 0 Å². The molecule has 0 heterocycles. The van der Waals surface area contributed by atoms with E-state index in [1.54, 1.807) is 19.1 Å². The van der Waals surface area contributed by atoms with Gasteiger partial charge in [-0.1, -0.05) is 29.3 Å². The molecule has 2 aromatic carbocycles.